The van der Waals surface area contributed by atoms with Crippen LogP contribution in [0.4, 0.5) is 0 Å². The van der Waals surface area contributed by atoms with E-state index in [0.717, 1.165) is 25.0 Å². The molecule has 0 bridgehead atoms. The quantitative estimate of drug-likeness (QED) is 0.690. The molecule has 0 saturated carbocycles. The van der Waals surface area contributed by atoms with Gasteiger partial charge in [-0.3, -0.25) is 4.79 Å². The van der Waals surface area contributed by atoms with E-state index in [1.165, 1.54) is 0 Å². The maximum atomic E-state index is 11.6. The fourth-order valence-corrected chi connectivity index (χ4v) is 1.55. The first kappa shape index (κ1) is 14.5. The highest BCUT2D eigenvalue weighted by Gasteiger charge is 2.11. The van der Waals surface area contributed by atoms with E-state index in [1.807, 2.05) is 30.3 Å². The fourth-order valence-electron chi connectivity index (χ4n) is 1.55. The Labute approximate surface area is 109 Å². The van der Waals surface area contributed by atoms with Crippen LogP contribution in [0.3, 0.4) is 0 Å². The highest BCUT2D eigenvalue weighted by Crippen LogP contribution is 2.07. The van der Waals surface area contributed by atoms with Crippen molar-refractivity contribution in [1.82, 2.24) is 5.32 Å². The van der Waals surface area contributed by atoms with Gasteiger partial charge in [-0.2, -0.15) is 0 Å². The Kier molecular flexibility index (Phi) is 6.87. The van der Waals surface area contributed by atoms with Crippen molar-refractivity contribution in [3.05, 3.63) is 30.3 Å². The molecular formula is C14H22N2O2. The summed E-state index contributed by atoms with van der Waals surface area (Å²) in [5.41, 5.74) is 5.74. The lowest BCUT2D eigenvalue weighted by atomic mass is 10.1. The van der Waals surface area contributed by atoms with Gasteiger partial charge in [-0.05, 0) is 18.6 Å². The van der Waals surface area contributed by atoms with Crippen molar-refractivity contribution in [3.63, 3.8) is 0 Å². The maximum absolute atomic E-state index is 11.6. The van der Waals surface area contributed by atoms with E-state index < -0.39 is 6.04 Å². The number of carbonyl (C=O) groups is 1. The number of rotatable bonds is 8. The van der Waals surface area contributed by atoms with Gasteiger partial charge in [0.15, 0.2) is 0 Å². The van der Waals surface area contributed by atoms with E-state index in [1.54, 1.807) is 0 Å². The van der Waals surface area contributed by atoms with E-state index in [-0.39, 0.29) is 5.91 Å². The summed E-state index contributed by atoms with van der Waals surface area (Å²) in [6, 6.07) is 9.12. The third-order valence-electron chi connectivity index (χ3n) is 2.62. The largest absolute Gasteiger partial charge is 0.492 e. The Balaban J connectivity index is 2.12. The zero-order valence-electron chi connectivity index (χ0n) is 10.9. The summed E-state index contributed by atoms with van der Waals surface area (Å²) in [5.74, 6) is 0.710. The van der Waals surface area contributed by atoms with E-state index in [4.69, 9.17) is 10.5 Å². The van der Waals surface area contributed by atoms with E-state index in [2.05, 4.69) is 12.2 Å². The lowest BCUT2D eigenvalue weighted by Crippen LogP contribution is -2.42. The minimum absolute atomic E-state index is 0.0971. The molecule has 1 rings (SSSR count). The summed E-state index contributed by atoms with van der Waals surface area (Å²) in [5, 5.41) is 2.77. The molecule has 0 aliphatic heterocycles. The first-order chi connectivity index (χ1) is 8.74. The van der Waals surface area contributed by atoms with Crippen molar-refractivity contribution < 1.29 is 9.53 Å². The summed E-state index contributed by atoms with van der Waals surface area (Å²) in [6.45, 7) is 3.02. The van der Waals surface area contributed by atoms with Crippen molar-refractivity contribution >= 4 is 5.91 Å². The molecule has 0 fully saturated rings. The van der Waals surface area contributed by atoms with Gasteiger partial charge in [0.25, 0.3) is 0 Å². The van der Waals surface area contributed by atoms with Crippen molar-refractivity contribution in [2.24, 2.45) is 5.73 Å². The van der Waals surface area contributed by atoms with Crippen LogP contribution in [0.5, 0.6) is 5.75 Å². The molecule has 18 heavy (non-hydrogen) atoms. The smallest absolute Gasteiger partial charge is 0.237 e. The third-order valence-corrected chi connectivity index (χ3v) is 2.62. The second kappa shape index (κ2) is 8.53. The molecule has 1 aromatic carbocycles. The normalized spacial score (nSPS) is 11.9. The SMILES string of the molecule is CCCCC(N)C(=O)NCCOc1ccccc1. The minimum Gasteiger partial charge on any atom is -0.492 e. The number of nitrogens with two attached hydrogens (primary N) is 1. The zero-order chi connectivity index (χ0) is 13.2. The summed E-state index contributed by atoms with van der Waals surface area (Å²) in [7, 11) is 0. The number of benzene rings is 1. The lowest BCUT2D eigenvalue weighted by molar-refractivity contribution is -0.122. The lowest BCUT2D eigenvalue weighted by Gasteiger charge is -2.12. The Bertz CT molecular complexity index is 341. The third kappa shape index (κ3) is 5.68. The van der Waals surface area contributed by atoms with Crippen LogP contribution in [-0.4, -0.2) is 25.1 Å². The Hall–Kier alpha value is -1.55. The predicted molar refractivity (Wildman–Crippen MR) is 72.4 cm³/mol. The minimum atomic E-state index is -0.401. The number of nitrogens with one attached hydrogen (secondary N) is 1. The Morgan fingerprint density at radius 3 is 2.78 bits per heavy atom. The molecule has 1 unspecified atom stereocenters. The Morgan fingerprint density at radius 2 is 2.11 bits per heavy atom. The topological polar surface area (TPSA) is 64.4 Å². The molecule has 1 atom stereocenters. The van der Waals surface area contributed by atoms with Gasteiger partial charge < -0.3 is 15.8 Å². The molecule has 3 N–H and O–H groups in total. The molecule has 4 nitrogen and oxygen atoms in total. The molecule has 1 amide bonds. The van der Waals surface area contributed by atoms with Crippen LogP contribution in [0.15, 0.2) is 30.3 Å². The maximum Gasteiger partial charge on any atom is 0.237 e. The number of para-hydroxylation sites is 1. The first-order valence-electron chi connectivity index (χ1n) is 6.45. The molecule has 0 heterocycles. The van der Waals surface area contributed by atoms with Crippen molar-refractivity contribution in [1.29, 1.82) is 0 Å². The molecule has 0 saturated heterocycles. The van der Waals surface area contributed by atoms with Crippen LogP contribution >= 0.6 is 0 Å². The van der Waals surface area contributed by atoms with Crippen LogP contribution in [0.25, 0.3) is 0 Å². The number of hydrogen-bond acceptors (Lipinski definition) is 3. The number of unbranched alkanes of at least 4 members (excludes halogenated alkanes) is 1. The van der Waals surface area contributed by atoms with Crippen molar-refractivity contribution in [2.45, 2.75) is 32.2 Å². The summed E-state index contributed by atoms with van der Waals surface area (Å²) < 4.78 is 5.46. The highest BCUT2D eigenvalue weighted by molar-refractivity contribution is 5.81. The standard InChI is InChI=1S/C14H22N2O2/c1-2-3-9-13(15)14(17)16-10-11-18-12-7-5-4-6-8-12/h4-8,13H,2-3,9-11,15H2,1H3,(H,16,17). The summed E-state index contributed by atoms with van der Waals surface area (Å²) in [4.78, 5) is 11.6. The van der Waals surface area contributed by atoms with Gasteiger partial charge in [-0.15, -0.1) is 0 Å². The van der Waals surface area contributed by atoms with Gasteiger partial charge in [0, 0.05) is 0 Å². The predicted octanol–water partition coefficient (Wildman–Crippen LogP) is 1.70. The average molecular weight is 250 g/mol. The van der Waals surface area contributed by atoms with Gasteiger partial charge in [0.2, 0.25) is 5.91 Å². The van der Waals surface area contributed by atoms with Crippen LogP contribution in [0, 0.1) is 0 Å². The molecule has 100 valence electrons. The van der Waals surface area contributed by atoms with E-state index >= 15 is 0 Å². The highest BCUT2D eigenvalue weighted by atomic mass is 16.5. The van der Waals surface area contributed by atoms with Gasteiger partial charge in [-0.1, -0.05) is 38.0 Å². The van der Waals surface area contributed by atoms with Gasteiger partial charge in [0.1, 0.15) is 12.4 Å². The van der Waals surface area contributed by atoms with E-state index in [0.29, 0.717) is 13.2 Å². The number of carbonyl (C=O) groups excluding carboxylic acids is 1. The molecule has 1 aromatic rings. The van der Waals surface area contributed by atoms with Crippen molar-refractivity contribution in [3.8, 4) is 5.75 Å². The molecular weight excluding hydrogens is 228 g/mol. The number of ether oxygens (including phenoxy) is 1. The Morgan fingerprint density at radius 1 is 1.39 bits per heavy atom. The number of amides is 1. The molecule has 0 spiro atoms. The van der Waals surface area contributed by atoms with Crippen LogP contribution in [0.1, 0.15) is 26.2 Å². The van der Waals surface area contributed by atoms with Gasteiger partial charge in [0.05, 0.1) is 12.6 Å². The van der Waals surface area contributed by atoms with Gasteiger partial charge in [-0.25, -0.2) is 0 Å². The zero-order valence-corrected chi connectivity index (χ0v) is 10.9. The molecule has 0 aliphatic carbocycles. The molecule has 0 aromatic heterocycles. The monoisotopic (exact) mass is 250 g/mol. The van der Waals surface area contributed by atoms with Crippen LogP contribution < -0.4 is 15.8 Å². The van der Waals surface area contributed by atoms with Gasteiger partial charge >= 0.3 is 0 Å². The molecule has 0 radical (unpaired) electrons. The second-order valence-electron chi connectivity index (χ2n) is 4.20. The summed E-state index contributed by atoms with van der Waals surface area (Å²) >= 11 is 0. The van der Waals surface area contributed by atoms with E-state index in [9.17, 15) is 4.79 Å². The first-order valence-corrected chi connectivity index (χ1v) is 6.45. The summed E-state index contributed by atoms with van der Waals surface area (Å²) in [6.07, 6.45) is 2.77. The van der Waals surface area contributed by atoms with Crippen LogP contribution in [-0.2, 0) is 4.79 Å². The fraction of sp³-hybridized carbons (Fsp3) is 0.500. The second-order valence-corrected chi connectivity index (χ2v) is 4.20. The number of hydrogen-bond donors (Lipinski definition) is 2. The molecule has 4 heteroatoms. The van der Waals surface area contributed by atoms with Crippen LogP contribution in [0.2, 0.25) is 0 Å². The average Bonchev–Trinajstić information content (AvgIpc) is 2.41. The molecule has 0 aliphatic rings. The van der Waals surface area contributed by atoms with Crippen molar-refractivity contribution in [2.75, 3.05) is 13.2 Å².